The van der Waals surface area contributed by atoms with Crippen LogP contribution in [0.3, 0.4) is 0 Å². The van der Waals surface area contributed by atoms with Gasteiger partial charge < -0.3 is 4.43 Å². The van der Waals surface area contributed by atoms with Gasteiger partial charge in [0.15, 0.2) is 8.32 Å². The van der Waals surface area contributed by atoms with E-state index in [1.54, 1.807) is 0 Å². The first-order chi connectivity index (χ1) is 4.97. The zero-order valence-corrected chi connectivity index (χ0v) is 8.55. The zero-order valence-electron chi connectivity index (χ0n) is 7.55. The van der Waals surface area contributed by atoms with E-state index in [0.717, 1.165) is 6.42 Å². The minimum absolute atomic E-state index is 0.314. The Morgan fingerprint density at radius 3 is 2.55 bits per heavy atom. The first-order valence-electron chi connectivity index (χ1n) is 4.01. The van der Waals surface area contributed by atoms with Crippen molar-refractivity contribution < 1.29 is 4.43 Å². The monoisotopic (exact) mass is 168 g/mol. The lowest BCUT2D eigenvalue weighted by Gasteiger charge is -2.21. The number of hydrogen-bond donors (Lipinski definition) is 0. The van der Waals surface area contributed by atoms with Gasteiger partial charge in [-0.3, -0.25) is 0 Å². The molecule has 0 spiro atoms. The first-order valence-corrected chi connectivity index (χ1v) is 7.42. The highest BCUT2D eigenvalue weighted by molar-refractivity contribution is 6.69. The fraction of sp³-hybridized carbons (Fsp3) is 0.556. The van der Waals surface area contributed by atoms with Gasteiger partial charge in [-0.15, -0.1) is 0 Å². The Hall–Kier alpha value is -0.343. The Balaban J connectivity index is 2.42. The maximum absolute atomic E-state index is 5.86. The van der Waals surface area contributed by atoms with Gasteiger partial charge in [-0.25, -0.2) is 0 Å². The Morgan fingerprint density at radius 1 is 1.55 bits per heavy atom. The summed E-state index contributed by atoms with van der Waals surface area (Å²) in [5.74, 6) is 0. The van der Waals surface area contributed by atoms with Gasteiger partial charge in [0, 0.05) is 6.42 Å². The van der Waals surface area contributed by atoms with Crippen molar-refractivity contribution in [3.63, 3.8) is 0 Å². The molecule has 0 aromatic carbocycles. The van der Waals surface area contributed by atoms with Gasteiger partial charge >= 0.3 is 0 Å². The maximum atomic E-state index is 5.86. The Morgan fingerprint density at radius 2 is 2.18 bits per heavy atom. The van der Waals surface area contributed by atoms with E-state index < -0.39 is 8.32 Å². The molecule has 0 radical (unpaired) electrons. The summed E-state index contributed by atoms with van der Waals surface area (Å²) in [5.41, 5.74) is 1.19. The molecule has 0 saturated carbocycles. The number of allylic oxidation sites excluding steroid dienone is 1. The molecule has 1 aliphatic rings. The Bertz CT molecular complexity index is 188. The van der Waals surface area contributed by atoms with Crippen molar-refractivity contribution in [2.45, 2.75) is 32.2 Å². The minimum Gasteiger partial charge on any atom is -0.411 e. The van der Waals surface area contributed by atoms with Crippen LogP contribution in [0, 0.1) is 0 Å². The highest BCUT2D eigenvalue weighted by Gasteiger charge is 2.21. The van der Waals surface area contributed by atoms with Gasteiger partial charge in [0.2, 0.25) is 0 Å². The van der Waals surface area contributed by atoms with Crippen LogP contribution in [0.1, 0.15) is 6.42 Å². The zero-order chi connectivity index (χ0) is 8.48. The second-order valence-electron chi connectivity index (χ2n) is 3.99. The average Bonchev–Trinajstić information content (AvgIpc) is 2.10. The van der Waals surface area contributed by atoms with E-state index in [1.165, 1.54) is 5.57 Å². The van der Waals surface area contributed by atoms with Crippen molar-refractivity contribution >= 4 is 8.32 Å². The SMILES string of the molecule is C=C1C=CC(O[Si](C)(C)C)C1. The molecule has 1 rings (SSSR count). The summed E-state index contributed by atoms with van der Waals surface area (Å²) < 4.78 is 5.86. The molecule has 2 heteroatoms. The van der Waals surface area contributed by atoms with E-state index in [0.29, 0.717) is 6.10 Å². The number of rotatable bonds is 2. The summed E-state index contributed by atoms with van der Waals surface area (Å²) >= 11 is 0. The molecule has 0 N–H and O–H groups in total. The van der Waals surface area contributed by atoms with E-state index in [9.17, 15) is 0 Å². The summed E-state index contributed by atoms with van der Waals surface area (Å²) in [5, 5.41) is 0. The molecule has 0 bridgehead atoms. The standard InChI is InChI=1S/C9H16OSi/c1-8-5-6-9(7-8)10-11(2,3)4/h5-6,9H,1,7H2,2-4H3. The van der Waals surface area contributed by atoms with Gasteiger partial charge in [-0.1, -0.05) is 24.3 Å². The van der Waals surface area contributed by atoms with Crippen LogP contribution in [0.15, 0.2) is 24.3 Å². The maximum Gasteiger partial charge on any atom is 0.184 e. The topological polar surface area (TPSA) is 9.23 Å². The predicted molar refractivity (Wildman–Crippen MR) is 51.1 cm³/mol. The molecule has 0 fully saturated rings. The highest BCUT2D eigenvalue weighted by Crippen LogP contribution is 2.21. The fourth-order valence-electron chi connectivity index (χ4n) is 1.17. The third-order valence-corrected chi connectivity index (χ3v) is 2.52. The third kappa shape index (κ3) is 3.04. The van der Waals surface area contributed by atoms with E-state index in [1.807, 2.05) is 0 Å². The van der Waals surface area contributed by atoms with Crippen LogP contribution in [0.2, 0.25) is 19.6 Å². The summed E-state index contributed by atoms with van der Waals surface area (Å²) in [7, 11) is -1.34. The van der Waals surface area contributed by atoms with E-state index in [-0.39, 0.29) is 0 Å². The molecule has 0 amide bonds. The summed E-state index contributed by atoms with van der Waals surface area (Å²) in [6.45, 7) is 10.5. The molecule has 0 aliphatic heterocycles. The van der Waals surface area contributed by atoms with Crippen molar-refractivity contribution in [2.75, 3.05) is 0 Å². The number of hydrogen-bond acceptors (Lipinski definition) is 1. The Labute approximate surface area is 69.9 Å². The van der Waals surface area contributed by atoms with Crippen molar-refractivity contribution in [1.29, 1.82) is 0 Å². The van der Waals surface area contributed by atoms with Crippen LogP contribution in [0.4, 0.5) is 0 Å². The van der Waals surface area contributed by atoms with Crippen LogP contribution >= 0.6 is 0 Å². The van der Waals surface area contributed by atoms with E-state index in [4.69, 9.17) is 4.43 Å². The lowest BCUT2D eigenvalue weighted by atomic mass is 10.2. The second kappa shape index (κ2) is 2.95. The van der Waals surface area contributed by atoms with Crippen LogP contribution in [0.25, 0.3) is 0 Å². The van der Waals surface area contributed by atoms with Gasteiger partial charge in [0.1, 0.15) is 0 Å². The van der Waals surface area contributed by atoms with Crippen molar-refractivity contribution in [1.82, 2.24) is 0 Å². The van der Waals surface area contributed by atoms with Crippen LogP contribution in [-0.2, 0) is 4.43 Å². The second-order valence-corrected chi connectivity index (χ2v) is 8.45. The normalized spacial score (nSPS) is 24.6. The lowest BCUT2D eigenvalue weighted by molar-refractivity contribution is 0.249. The molecular weight excluding hydrogens is 152 g/mol. The lowest BCUT2D eigenvalue weighted by Crippen LogP contribution is -2.30. The molecule has 0 heterocycles. The molecule has 0 aromatic rings. The van der Waals surface area contributed by atoms with Crippen LogP contribution in [0.5, 0.6) is 0 Å². The Kier molecular flexibility index (Phi) is 2.35. The van der Waals surface area contributed by atoms with E-state index in [2.05, 4.69) is 38.4 Å². The molecule has 11 heavy (non-hydrogen) atoms. The fourth-order valence-corrected chi connectivity index (χ4v) is 2.24. The van der Waals surface area contributed by atoms with Crippen molar-refractivity contribution in [3.8, 4) is 0 Å². The molecule has 0 aromatic heterocycles. The largest absolute Gasteiger partial charge is 0.411 e. The predicted octanol–water partition coefficient (Wildman–Crippen LogP) is 2.72. The van der Waals surface area contributed by atoms with E-state index >= 15 is 0 Å². The summed E-state index contributed by atoms with van der Waals surface area (Å²) in [6, 6.07) is 0. The molecule has 1 atom stereocenters. The molecule has 1 aliphatic carbocycles. The van der Waals surface area contributed by atoms with Crippen molar-refractivity contribution in [2.24, 2.45) is 0 Å². The van der Waals surface area contributed by atoms with Crippen LogP contribution in [-0.4, -0.2) is 14.4 Å². The third-order valence-electron chi connectivity index (χ3n) is 1.51. The van der Waals surface area contributed by atoms with Crippen LogP contribution < -0.4 is 0 Å². The minimum atomic E-state index is -1.34. The molecule has 1 nitrogen and oxygen atoms in total. The average molecular weight is 168 g/mol. The molecule has 1 unspecified atom stereocenters. The molecule has 62 valence electrons. The molecule has 0 saturated heterocycles. The van der Waals surface area contributed by atoms with Gasteiger partial charge in [0.05, 0.1) is 6.10 Å². The first kappa shape index (κ1) is 8.75. The quantitative estimate of drug-likeness (QED) is 0.576. The van der Waals surface area contributed by atoms with Gasteiger partial charge in [-0.05, 0) is 19.6 Å². The molecular formula is C9H16OSi. The smallest absolute Gasteiger partial charge is 0.184 e. The van der Waals surface area contributed by atoms with Gasteiger partial charge in [-0.2, -0.15) is 0 Å². The summed E-state index contributed by atoms with van der Waals surface area (Å²) in [4.78, 5) is 0. The van der Waals surface area contributed by atoms with Gasteiger partial charge in [0.25, 0.3) is 0 Å². The van der Waals surface area contributed by atoms with Crippen molar-refractivity contribution in [3.05, 3.63) is 24.3 Å². The highest BCUT2D eigenvalue weighted by atomic mass is 28.4. The summed E-state index contributed by atoms with van der Waals surface area (Å²) in [6.07, 6.45) is 5.48.